The second-order valence-electron chi connectivity index (χ2n) is 6.56. The van der Waals surface area contributed by atoms with Gasteiger partial charge in [-0.25, -0.2) is 5.06 Å². The second-order valence-corrected chi connectivity index (χ2v) is 7.73. The summed E-state index contributed by atoms with van der Waals surface area (Å²) in [5.41, 5.74) is -0.488. The number of halogens is 1. The summed E-state index contributed by atoms with van der Waals surface area (Å²) in [6.07, 6.45) is 7.27. The standard InChI is InChI=1S/C14H19BrN2O3/c15-9-5-4-8-14-10(9)20-16-11(14)13(12(18)17(14)19)6-2-1-3-7-13/h9-10,19H,1-8H2. The summed E-state index contributed by atoms with van der Waals surface area (Å²) in [7, 11) is 0. The highest BCUT2D eigenvalue weighted by molar-refractivity contribution is 9.09. The topological polar surface area (TPSA) is 62.1 Å². The Morgan fingerprint density at radius 1 is 1.25 bits per heavy atom. The van der Waals surface area contributed by atoms with Crippen LogP contribution in [0.25, 0.3) is 0 Å². The molecule has 0 bridgehead atoms. The largest absolute Gasteiger partial charge is 0.388 e. The Labute approximate surface area is 126 Å². The van der Waals surface area contributed by atoms with Crippen molar-refractivity contribution in [3.8, 4) is 0 Å². The maximum absolute atomic E-state index is 12.8. The lowest BCUT2D eigenvalue weighted by atomic mass is 9.65. The summed E-state index contributed by atoms with van der Waals surface area (Å²) in [6, 6.07) is 0. The highest BCUT2D eigenvalue weighted by Gasteiger charge is 2.72. The SMILES string of the molecule is O=C1N(O)C23CCCC(Br)C2ON=C3C12CCCCC2. The normalized spacial score (nSPS) is 42.2. The minimum atomic E-state index is -0.707. The Kier molecular flexibility index (Phi) is 2.74. The maximum Gasteiger partial charge on any atom is 0.259 e. The van der Waals surface area contributed by atoms with Gasteiger partial charge in [0.05, 0.1) is 10.2 Å². The fourth-order valence-electron chi connectivity index (χ4n) is 4.67. The first kappa shape index (κ1) is 13.1. The van der Waals surface area contributed by atoms with Gasteiger partial charge in [-0.15, -0.1) is 0 Å². The van der Waals surface area contributed by atoms with E-state index < -0.39 is 11.0 Å². The van der Waals surface area contributed by atoms with Gasteiger partial charge in [-0.05, 0) is 32.1 Å². The Balaban J connectivity index is 1.83. The molecule has 2 aliphatic carbocycles. The molecule has 2 aliphatic heterocycles. The molecule has 1 amide bonds. The van der Waals surface area contributed by atoms with Crippen molar-refractivity contribution in [3.05, 3.63) is 0 Å². The zero-order valence-corrected chi connectivity index (χ0v) is 12.9. The number of rotatable bonds is 0. The molecule has 0 aromatic rings. The number of nitrogens with zero attached hydrogens (tertiary/aromatic N) is 2. The smallest absolute Gasteiger partial charge is 0.259 e. The Morgan fingerprint density at radius 3 is 2.75 bits per heavy atom. The van der Waals surface area contributed by atoms with Crippen molar-refractivity contribution in [2.45, 2.75) is 67.8 Å². The van der Waals surface area contributed by atoms with Gasteiger partial charge in [0.15, 0.2) is 11.6 Å². The van der Waals surface area contributed by atoms with Gasteiger partial charge in [-0.3, -0.25) is 10.0 Å². The number of fused-ring (bicyclic) bond motifs is 1. The second kappa shape index (κ2) is 4.19. The summed E-state index contributed by atoms with van der Waals surface area (Å²) < 4.78 is 0. The minimum Gasteiger partial charge on any atom is -0.388 e. The van der Waals surface area contributed by atoms with Gasteiger partial charge < -0.3 is 4.84 Å². The molecule has 1 saturated heterocycles. The summed E-state index contributed by atoms with van der Waals surface area (Å²) in [4.78, 5) is 18.6. The molecule has 110 valence electrons. The fourth-order valence-corrected chi connectivity index (χ4v) is 5.53. The van der Waals surface area contributed by atoms with E-state index in [4.69, 9.17) is 4.84 Å². The lowest BCUT2D eigenvalue weighted by Crippen LogP contribution is -2.59. The summed E-state index contributed by atoms with van der Waals surface area (Å²) >= 11 is 3.64. The van der Waals surface area contributed by atoms with E-state index in [9.17, 15) is 10.0 Å². The van der Waals surface area contributed by atoms with Crippen LogP contribution in [0.2, 0.25) is 0 Å². The molecular formula is C14H19BrN2O3. The Morgan fingerprint density at radius 2 is 2.00 bits per heavy atom. The number of hydrogen-bond acceptors (Lipinski definition) is 4. The fraction of sp³-hybridized carbons (Fsp3) is 0.857. The monoisotopic (exact) mass is 342 g/mol. The predicted octanol–water partition coefficient (Wildman–Crippen LogP) is 2.61. The highest BCUT2D eigenvalue weighted by atomic mass is 79.9. The molecule has 3 unspecified atom stereocenters. The van der Waals surface area contributed by atoms with Gasteiger partial charge in [0.25, 0.3) is 5.91 Å². The number of carbonyl (C=O) groups excluding carboxylic acids is 1. The van der Waals surface area contributed by atoms with Gasteiger partial charge in [0.2, 0.25) is 0 Å². The summed E-state index contributed by atoms with van der Waals surface area (Å²) in [6.45, 7) is 0. The third kappa shape index (κ3) is 1.32. The zero-order valence-electron chi connectivity index (χ0n) is 11.3. The van der Waals surface area contributed by atoms with Crippen molar-refractivity contribution in [3.63, 3.8) is 0 Å². The van der Waals surface area contributed by atoms with Crippen LogP contribution in [0.15, 0.2) is 5.16 Å². The van der Waals surface area contributed by atoms with Crippen LogP contribution in [0.4, 0.5) is 0 Å². The van der Waals surface area contributed by atoms with Gasteiger partial charge in [-0.1, -0.05) is 40.3 Å². The molecule has 4 aliphatic rings. The number of carbonyl (C=O) groups is 1. The third-order valence-corrected chi connectivity index (χ3v) is 6.58. The molecule has 6 heteroatoms. The van der Waals surface area contributed by atoms with Crippen molar-refractivity contribution in [1.82, 2.24) is 5.06 Å². The number of alkyl halides is 1. The van der Waals surface area contributed by atoms with Gasteiger partial charge in [0, 0.05) is 0 Å². The van der Waals surface area contributed by atoms with Crippen LogP contribution in [-0.4, -0.2) is 38.4 Å². The van der Waals surface area contributed by atoms with Crippen LogP contribution in [0, 0.1) is 5.41 Å². The summed E-state index contributed by atoms with van der Waals surface area (Å²) in [5.74, 6) is -0.147. The molecule has 0 radical (unpaired) electrons. The van der Waals surface area contributed by atoms with Crippen LogP contribution in [-0.2, 0) is 9.63 Å². The van der Waals surface area contributed by atoms with E-state index in [0.717, 1.165) is 62.1 Å². The quantitative estimate of drug-likeness (QED) is 0.543. The van der Waals surface area contributed by atoms with E-state index in [2.05, 4.69) is 21.1 Å². The van der Waals surface area contributed by atoms with E-state index in [1.54, 1.807) is 0 Å². The lowest BCUT2D eigenvalue weighted by Gasteiger charge is -2.40. The van der Waals surface area contributed by atoms with Crippen LogP contribution in [0.1, 0.15) is 51.4 Å². The summed E-state index contributed by atoms with van der Waals surface area (Å²) in [5, 5.41) is 15.9. The lowest BCUT2D eigenvalue weighted by molar-refractivity contribution is -0.198. The molecule has 20 heavy (non-hydrogen) atoms. The van der Waals surface area contributed by atoms with Gasteiger partial charge in [-0.2, -0.15) is 0 Å². The average Bonchev–Trinajstić information content (AvgIpc) is 2.94. The molecule has 0 aromatic heterocycles. The first-order valence-electron chi connectivity index (χ1n) is 7.55. The molecule has 1 N–H and O–H groups in total. The van der Waals surface area contributed by atoms with Crippen molar-refractivity contribution in [2.75, 3.05) is 0 Å². The Bertz CT molecular complexity index is 489. The van der Waals surface area contributed by atoms with E-state index in [1.165, 1.54) is 0 Å². The molecule has 2 spiro atoms. The molecule has 2 saturated carbocycles. The first-order chi connectivity index (χ1) is 9.63. The number of hydrogen-bond donors (Lipinski definition) is 1. The maximum atomic E-state index is 12.8. The van der Waals surface area contributed by atoms with Crippen molar-refractivity contribution in [2.24, 2.45) is 10.6 Å². The molecule has 4 rings (SSSR count). The zero-order chi connectivity index (χ0) is 14.0. The first-order valence-corrected chi connectivity index (χ1v) is 8.47. The third-order valence-electron chi connectivity index (χ3n) is 5.64. The van der Waals surface area contributed by atoms with Crippen molar-refractivity contribution < 1.29 is 14.8 Å². The molecular weight excluding hydrogens is 324 g/mol. The van der Waals surface area contributed by atoms with Gasteiger partial charge in [0.1, 0.15) is 5.71 Å². The Hall–Kier alpha value is -0.620. The van der Waals surface area contributed by atoms with Gasteiger partial charge >= 0.3 is 0 Å². The predicted molar refractivity (Wildman–Crippen MR) is 75.8 cm³/mol. The van der Waals surface area contributed by atoms with E-state index in [1.807, 2.05) is 0 Å². The average molecular weight is 343 g/mol. The molecule has 0 aromatic carbocycles. The van der Waals surface area contributed by atoms with Crippen LogP contribution in [0.3, 0.4) is 0 Å². The van der Waals surface area contributed by atoms with E-state index >= 15 is 0 Å². The molecule has 5 nitrogen and oxygen atoms in total. The van der Waals surface area contributed by atoms with E-state index in [0.29, 0.717) is 0 Å². The van der Waals surface area contributed by atoms with E-state index in [-0.39, 0.29) is 16.8 Å². The number of hydroxylamine groups is 2. The van der Waals surface area contributed by atoms with Crippen LogP contribution >= 0.6 is 15.9 Å². The molecule has 3 atom stereocenters. The number of oxime groups is 1. The minimum absolute atomic E-state index is 0.138. The van der Waals surface area contributed by atoms with Crippen molar-refractivity contribution >= 4 is 27.5 Å². The highest BCUT2D eigenvalue weighted by Crippen LogP contribution is 2.56. The van der Waals surface area contributed by atoms with Crippen LogP contribution < -0.4 is 0 Å². The molecule has 3 fully saturated rings. The molecule has 2 heterocycles. The van der Waals surface area contributed by atoms with Crippen LogP contribution in [0.5, 0.6) is 0 Å². The number of amides is 1. The van der Waals surface area contributed by atoms with Crippen molar-refractivity contribution in [1.29, 1.82) is 0 Å².